The van der Waals surface area contributed by atoms with Gasteiger partial charge in [0.1, 0.15) is 11.3 Å². The fraction of sp³-hybridized carbons (Fsp3) is 0.781. The van der Waals surface area contributed by atoms with Crippen LogP contribution in [0.15, 0.2) is 24.3 Å². The van der Waals surface area contributed by atoms with Gasteiger partial charge in [-0.3, -0.25) is 0 Å². The van der Waals surface area contributed by atoms with Crippen LogP contribution in [0, 0.1) is 52.3 Å². The first-order valence-corrected chi connectivity index (χ1v) is 14.9. The highest BCUT2D eigenvalue weighted by molar-refractivity contribution is 5.90. The Hall–Kier alpha value is -1.59. The van der Waals surface area contributed by atoms with E-state index in [1.54, 1.807) is 18.2 Å². The highest BCUT2D eigenvalue weighted by Gasteiger charge is 2.64. The predicted molar refractivity (Wildman–Crippen MR) is 144 cm³/mol. The third kappa shape index (κ3) is 4.42. The van der Waals surface area contributed by atoms with E-state index in [0.717, 1.165) is 32.1 Å². The minimum Gasteiger partial charge on any atom is -0.493 e. The van der Waals surface area contributed by atoms with E-state index < -0.39 is 5.97 Å². The van der Waals surface area contributed by atoms with Gasteiger partial charge >= 0.3 is 5.97 Å². The highest BCUT2D eigenvalue weighted by Crippen LogP contribution is 2.69. The van der Waals surface area contributed by atoms with Crippen LogP contribution in [-0.2, 0) is 0 Å². The summed E-state index contributed by atoms with van der Waals surface area (Å²) in [7, 11) is 0. The van der Waals surface area contributed by atoms with Crippen molar-refractivity contribution < 1.29 is 24.9 Å². The first-order chi connectivity index (χ1) is 17.6. The number of para-hydroxylation sites is 1. The van der Waals surface area contributed by atoms with Gasteiger partial charge in [0, 0.05) is 0 Å². The summed E-state index contributed by atoms with van der Waals surface area (Å²) in [4.78, 5) is 11.5. The van der Waals surface area contributed by atoms with Crippen molar-refractivity contribution in [2.24, 2.45) is 52.3 Å². The number of aliphatic hydroxyl groups excluding tert-OH is 2. The SMILES string of the molecule is CC[C@H]1[C@@H](O)C2C3CC[C@H]([C@H](C)CCOc4ccccc4C(=O)O)[C@@]3(C)CCC2[C@@]2(C)CC[C@@H](O)C[C@@H]12. The second kappa shape index (κ2) is 10.2. The van der Waals surface area contributed by atoms with Crippen molar-refractivity contribution in [3.05, 3.63) is 29.8 Å². The average Bonchev–Trinajstić information content (AvgIpc) is 3.22. The summed E-state index contributed by atoms with van der Waals surface area (Å²) in [5, 5.41) is 31.8. The van der Waals surface area contributed by atoms with Crippen molar-refractivity contribution >= 4 is 5.97 Å². The van der Waals surface area contributed by atoms with Crippen molar-refractivity contribution in [3.63, 3.8) is 0 Å². The van der Waals surface area contributed by atoms with Crippen molar-refractivity contribution in [1.29, 1.82) is 0 Å². The van der Waals surface area contributed by atoms with Crippen molar-refractivity contribution in [3.8, 4) is 5.75 Å². The van der Waals surface area contributed by atoms with Crippen molar-refractivity contribution in [2.75, 3.05) is 6.61 Å². The van der Waals surface area contributed by atoms with Crippen LogP contribution in [0.25, 0.3) is 0 Å². The molecule has 0 radical (unpaired) electrons. The fourth-order valence-corrected chi connectivity index (χ4v) is 10.3. The summed E-state index contributed by atoms with van der Waals surface area (Å²) in [5.41, 5.74) is 0.691. The van der Waals surface area contributed by atoms with Gasteiger partial charge in [-0.05, 0) is 116 Å². The standard InChI is InChI=1S/C32H48O5/c1-5-21-26-18-20(33)12-15-32(26,4)25-13-16-31(3)23(10-11-24(31)28(25)29(21)34)19(2)14-17-37-27-9-7-6-8-22(27)30(35)36/h6-9,19-21,23-26,28-29,33-34H,5,10-18H2,1-4H3,(H,35,36)/t19-,20-,21-,23-,24?,25?,26+,28?,29-,31-,32-/m1/s1. The lowest BCUT2D eigenvalue weighted by molar-refractivity contribution is -0.203. The van der Waals surface area contributed by atoms with Gasteiger partial charge in [-0.2, -0.15) is 0 Å². The molecule has 0 spiro atoms. The Bertz CT molecular complexity index is 978. The van der Waals surface area contributed by atoms with Crippen LogP contribution in [-0.4, -0.2) is 40.1 Å². The third-order valence-corrected chi connectivity index (χ3v) is 12.1. The Morgan fingerprint density at radius 1 is 1.03 bits per heavy atom. The van der Waals surface area contributed by atoms with Gasteiger partial charge in [-0.25, -0.2) is 4.79 Å². The summed E-state index contributed by atoms with van der Waals surface area (Å²) in [6.07, 6.45) is 9.15. The molecule has 4 fully saturated rings. The minimum atomic E-state index is -0.952. The number of benzene rings is 1. The van der Waals surface area contributed by atoms with Crippen molar-refractivity contribution in [2.45, 2.75) is 97.7 Å². The van der Waals surface area contributed by atoms with Crippen LogP contribution in [0.2, 0.25) is 0 Å². The number of fused-ring (bicyclic) bond motifs is 5. The van der Waals surface area contributed by atoms with Gasteiger partial charge in [0.05, 0.1) is 18.8 Å². The molecule has 4 aliphatic rings. The summed E-state index contributed by atoms with van der Waals surface area (Å²) >= 11 is 0. The molecule has 5 heteroatoms. The number of aliphatic hydroxyl groups is 2. The lowest BCUT2D eigenvalue weighted by Gasteiger charge is -2.64. The first-order valence-electron chi connectivity index (χ1n) is 14.9. The van der Waals surface area contributed by atoms with E-state index in [-0.39, 0.29) is 28.6 Å². The van der Waals surface area contributed by atoms with Crippen LogP contribution < -0.4 is 4.74 Å². The normalized spacial score (nSPS) is 43.8. The molecular formula is C32H48O5. The molecule has 11 atom stereocenters. The monoisotopic (exact) mass is 512 g/mol. The lowest BCUT2D eigenvalue weighted by Crippen LogP contribution is -2.62. The molecule has 4 aliphatic carbocycles. The molecule has 0 bridgehead atoms. The average molecular weight is 513 g/mol. The van der Waals surface area contributed by atoms with E-state index >= 15 is 0 Å². The number of hydrogen-bond acceptors (Lipinski definition) is 4. The van der Waals surface area contributed by atoms with Crippen molar-refractivity contribution in [1.82, 2.24) is 0 Å². The Labute approximate surface area is 223 Å². The molecular weight excluding hydrogens is 464 g/mol. The molecule has 5 nitrogen and oxygen atoms in total. The predicted octanol–water partition coefficient (Wildman–Crippen LogP) is 6.42. The molecule has 0 aromatic heterocycles. The molecule has 1 aromatic carbocycles. The van der Waals surface area contributed by atoms with Gasteiger partial charge in [0.2, 0.25) is 0 Å². The zero-order chi connectivity index (χ0) is 26.5. The number of aromatic carboxylic acids is 1. The molecule has 0 heterocycles. The molecule has 4 saturated carbocycles. The van der Waals surface area contributed by atoms with Gasteiger partial charge < -0.3 is 20.1 Å². The molecule has 206 valence electrons. The van der Waals surface area contributed by atoms with Crippen LogP contribution in [0.3, 0.4) is 0 Å². The van der Waals surface area contributed by atoms with Gasteiger partial charge in [-0.1, -0.05) is 46.2 Å². The second-order valence-electron chi connectivity index (χ2n) is 13.5. The van der Waals surface area contributed by atoms with E-state index in [9.17, 15) is 20.1 Å². The van der Waals surface area contributed by atoms with Gasteiger partial charge in [0.25, 0.3) is 0 Å². The maximum Gasteiger partial charge on any atom is 0.339 e. The molecule has 3 unspecified atom stereocenters. The van der Waals surface area contributed by atoms with Crippen LogP contribution in [0.5, 0.6) is 5.75 Å². The Balaban J connectivity index is 1.30. The summed E-state index contributed by atoms with van der Waals surface area (Å²) in [6.45, 7) is 10.1. The maximum atomic E-state index is 11.9. The fourth-order valence-electron chi connectivity index (χ4n) is 10.3. The van der Waals surface area contributed by atoms with E-state index in [1.165, 1.54) is 25.7 Å². The van der Waals surface area contributed by atoms with Crippen LogP contribution >= 0.6 is 0 Å². The van der Waals surface area contributed by atoms with Crippen LogP contribution in [0.1, 0.15) is 95.8 Å². The molecule has 37 heavy (non-hydrogen) atoms. The molecule has 0 amide bonds. The lowest BCUT2D eigenvalue weighted by atomic mass is 9.41. The van der Waals surface area contributed by atoms with E-state index in [2.05, 4.69) is 27.7 Å². The Morgan fingerprint density at radius 2 is 1.73 bits per heavy atom. The molecule has 0 saturated heterocycles. The van der Waals surface area contributed by atoms with E-state index in [4.69, 9.17) is 4.74 Å². The number of carboxylic acids is 1. The molecule has 0 aliphatic heterocycles. The smallest absolute Gasteiger partial charge is 0.339 e. The number of rotatable bonds is 7. The number of hydrogen-bond donors (Lipinski definition) is 3. The molecule has 3 N–H and O–H groups in total. The summed E-state index contributed by atoms with van der Waals surface area (Å²) in [6, 6.07) is 6.90. The number of carboxylic acid groups (broad SMARTS) is 1. The van der Waals surface area contributed by atoms with E-state index in [0.29, 0.717) is 53.8 Å². The number of carbonyl (C=O) groups is 1. The zero-order valence-electron chi connectivity index (χ0n) is 23.2. The summed E-state index contributed by atoms with van der Waals surface area (Å²) < 4.78 is 5.97. The molecule has 5 rings (SSSR count). The quantitative estimate of drug-likeness (QED) is 0.393. The highest BCUT2D eigenvalue weighted by atomic mass is 16.5. The van der Waals surface area contributed by atoms with Crippen LogP contribution in [0.4, 0.5) is 0 Å². The third-order valence-electron chi connectivity index (χ3n) is 12.1. The van der Waals surface area contributed by atoms with Gasteiger partial charge in [0.15, 0.2) is 0 Å². The summed E-state index contributed by atoms with van der Waals surface area (Å²) in [5.74, 6) is 2.80. The zero-order valence-corrected chi connectivity index (χ0v) is 23.2. The first kappa shape index (κ1) is 27.0. The van der Waals surface area contributed by atoms with Gasteiger partial charge in [-0.15, -0.1) is 0 Å². The minimum absolute atomic E-state index is 0.203. The number of ether oxygens (including phenoxy) is 1. The maximum absolute atomic E-state index is 11.9. The van der Waals surface area contributed by atoms with E-state index in [1.807, 2.05) is 6.07 Å². The Kier molecular flexibility index (Phi) is 7.43. The Morgan fingerprint density at radius 3 is 2.46 bits per heavy atom. The molecule has 1 aromatic rings. The topological polar surface area (TPSA) is 87.0 Å². The largest absolute Gasteiger partial charge is 0.493 e. The second-order valence-corrected chi connectivity index (χ2v) is 13.5.